The molecular formula is C30H34F3NO2. The highest BCUT2D eigenvalue weighted by molar-refractivity contribution is 5.83. The van der Waals surface area contributed by atoms with Gasteiger partial charge < -0.3 is 9.64 Å². The van der Waals surface area contributed by atoms with Crippen LogP contribution in [-0.4, -0.2) is 24.4 Å². The maximum atomic E-state index is 13.3. The first-order valence-corrected chi connectivity index (χ1v) is 12.3. The number of likely N-dealkylation sites (N-methyl/N-ethyl adjacent to an activating group) is 1. The molecule has 3 aromatic carbocycles. The number of amides is 1. The lowest BCUT2D eigenvalue weighted by Crippen LogP contribution is -2.33. The zero-order valence-corrected chi connectivity index (χ0v) is 21.3. The Balaban J connectivity index is 1.71. The zero-order chi connectivity index (χ0) is 26.3. The van der Waals surface area contributed by atoms with Gasteiger partial charge in [0.25, 0.3) is 0 Å². The molecule has 0 aliphatic rings. The molecule has 192 valence electrons. The summed E-state index contributed by atoms with van der Waals surface area (Å²) in [6, 6.07) is 22.3. The summed E-state index contributed by atoms with van der Waals surface area (Å²) in [7, 11) is 1.78. The molecule has 3 rings (SSSR count). The van der Waals surface area contributed by atoms with Crippen LogP contribution in [0.5, 0.6) is 5.75 Å². The van der Waals surface area contributed by atoms with Crippen LogP contribution in [0.4, 0.5) is 13.2 Å². The molecule has 3 nitrogen and oxygen atoms in total. The summed E-state index contributed by atoms with van der Waals surface area (Å²) in [5.74, 6) is 0.575. The van der Waals surface area contributed by atoms with Crippen molar-refractivity contribution in [1.82, 2.24) is 4.90 Å². The summed E-state index contributed by atoms with van der Waals surface area (Å²) in [5.41, 5.74) is 2.41. The van der Waals surface area contributed by atoms with E-state index in [4.69, 9.17) is 4.74 Å². The second-order valence-corrected chi connectivity index (χ2v) is 9.61. The maximum absolute atomic E-state index is 13.3. The number of nitrogens with zero attached hydrogens (tertiary/aromatic N) is 1. The first-order chi connectivity index (χ1) is 17.1. The molecule has 1 amide bonds. The number of hydrogen-bond donors (Lipinski definition) is 0. The quantitative estimate of drug-likeness (QED) is 0.288. The monoisotopic (exact) mass is 497 g/mol. The van der Waals surface area contributed by atoms with Crippen molar-refractivity contribution < 1.29 is 22.7 Å². The second kappa shape index (κ2) is 12.1. The van der Waals surface area contributed by atoms with E-state index in [9.17, 15) is 18.0 Å². The van der Waals surface area contributed by atoms with E-state index in [2.05, 4.69) is 19.9 Å². The van der Waals surface area contributed by atoms with Gasteiger partial charge in [0.1, 0.15) is 11.9 Å². The van der Waals surface area contributed by atoms with Crippen molar-refractivity contribution in [3.05, 3.63) is 101 Å². The van der Waals surface area contributed by atoms with E-state index in [1.54, 1.807) is 11.9 Å². The summed E-state index contributed by atoms with van der Waals surface area (Å²) in [4.78, 5) is 15.0. The molecule has 0 heterocycles. The summed E-state index contributed by atoms with van der Waals surface area (Å²) in [5, 5.41) is 0. The SMILES string of the molecule is CC(C)Cc1ccccc1C(C)C(=O)N(C)CC[C@@H](Oc1ccc(C(F)(F)F)cc1)c1ccccc1. The van der Waals surface area contributed by atoms with Crippen molar-refractivity contribution in [3.8, 4) is 5.75 Å². The fraction of sp³-hybridized carbons (Fsp3) is 0.367. The molecule has 0 N–H and O–H groups in total. The van der Waals surface area contributed by atoms with Crippen molar-refractivity contribution >= 4 is 5.91 Å². The van der Waals surface area contributed by atoms with Gasteiger partial charge in [0.2, 0.25) is 5.91 Å². The van der Waals surface area contributed by atoms with Gasteiger partial charge in [-0.25, -0.2) is 0 Å². The number of carbonyl (C=O) groups excluding carboxylic acids is 1. The van der Waals surface area contributed by atoms with Gasteiger partial charge in [-0.05, 0) is 60.2 Å². The van der Waals surface area contributed by atoms with Crippen LogP contribution in [0, 0.1) is 5.92 Å². The van der Waals surface area contributed by atoms with Crippen LogP contribution in [0.1, 0.15) is 61.5 Å². The van der Waals surface area contributed by atoms with E-state index in [1.807, 2.05) is 55.5 Å². The number of carbonyl (C=O) groups is 1. The van der Waals surface area contributed by atoms with E-state index >= 15 is 0 Å². The minimum absolute atomic E-state index is 0.0209. The average molecular weight is 498 g/mol. The topological polar surface area (TPSA) is 29.5 Å². The van der Waals surface area contributed by atoms with Gasteiger partial charge in [0.15, 0.2) is 0 Å². The van der Waals surface area contributed by atoms with Crippen LogP contribution in [0.3, 0.4) is 0 Å². The summed E-state index contributed by atoms with van der Waals surface area (Å²) < 4.78 is 44.9. The predicted octanol–water partition coefficient (Wildman–Crippen LogP) is 7.68. The Hall–Kier alpha value is -3.28. The van der Waals surface area contributed by atoms with Crippen LogP contribution in [0.15, 0.2) is 78.9 Å². The molecule has 2 atom stereocenters. The first kappa shape index (κ1) is 27.3. The summed E-state index contributed by atoms with van der Waals surface area (Å²) in [6.07, 6.45) is -3.41. The Morgan fingerprint density at radius 1 is 0.889 bits per heavy atom. The number of halogens is 3. The van der Waals surface area contributed by atoms with Crippen molar-refractivity contribution in [1.29, 1.82) is 0 Å². The van der Waals surface area contributed by atoms with Gasteiger partial charge in [0, 0.05) is 20.0 Å². The largest absolute Gasteiger partial charge is 0.486 e. The normalized spacial score (nSPS) is 13.3. The Bertz CT molecular complexity index is 1110. The number of benzene rings is 3. The molecule has 0 bridgehead atoms. The third kappa shape index (κ3) is 7.36. The molecule has 0 aromatic heterocycles. The van der Waals surface area contributed by atoms with Crippen molar-refractivity contribution in [3.63, 3.8) is 0 Å². The lowest BCUT2D eigenvalue weighted by atomic mass is 9.90. The third-order valence-corrected chi connectivity index (χ3v) is 6.25. The van der Waals surface area contributed by atoms with E-state index in [0.717, 1.165) is 29.7 Å². The molecule has 0 saturated carbocycles. The molecule has 6 heteroatoms. The molecule has 0 aliphatic carbocycles. The van der Waals surface area contributed by atoms with Crippen LogP contribution in [-0.2, 0) is 17.4 Å². The smallest absolute Gasteiger partial charge is 0.416 e. The highest BCUT2D eigenvalue weighted by Crippen LogP contribution is 2.32. The van der Waals surface area contributed by atoms with Gasteiger partial charge in [-0.1, -0.05) is 68.4 Å². The highest BCUT2D eigenvalue weighted by atomic mass is 19.4. The standard InChI is InChI=1S/C30H34F3NO2/c1-21(2)20-24-12-8-9-13-27(24)22(3)29(35)34(4)19-18-28(23-10-6-5-7-11-23)36-26-16-14-25(15-17-26)30(31,32)33/h5-17,21-22,28H,18-20H2,1-4H3/t22?,28-/m1/s1. The summed E-state index contributed by atoms with van der Waals surface area (Å²) >= 11 is 0. The Labute approximate surface area is 211 Å². The fourth-order valence-electron chi connectivity index (χ4n) is 4.32. The average Bonchev–Trinajstić information content (AvgIpc) is 2.85. The third-order valence-electron chi connectivity index (χ3n) is 6.25. The predicted molar refractivity (Wildman–Crippen MR) is 137 cm³/mol. The lowest BCUT2D eigenvalue weighted by molar-refractivity contribution is -0.137. The molecule has 0 spiro atoms. The molecule has 3 aromatic rings. The van der Waals surface area contributed by atoms with Gasteiger partial charge in [-0.2, -0.15) is 13.2 Å². The fourth-order valence-corrected chi connectivity index (χ4v) is 4.32. The Morgan fingerprint density at radius 2 is 1.50 bits per heavy atom. The van der Waals surface area contributed by atoms with Gasteiger partial charge in [-0.3, -0.25) is 4.79 Å². The van der Waals surface area contributed by atoms with E-state index in [0.29, 0.717) is 24.6 Å². The molecule has 0 aliphatic heterocycles. The van der Waals surface area contributed by atoms with Crippen LogP contribution >= 0.6 is 0 Å². The number of rotatable bonds is 10. The van der Waals surface area contributed by atoms with Crippen LogP contribution < -0.4 is 4.74 Å². The van der Waals surface area contributed by atoms with Crippen molar-refractivity contribution in [2.24, 2.45) is 5.92 Å². The second-order valence-electron chi connectivity index (χ2n) is 9.61. The van der Waals surface area contributed by atoms with E-state index in [1.165, 1.54) is 17.7 Å². The number of ether oxygens (including phenoxy) is 1. The Morgan fingerprint density at radius 3 is 2.11 bits per heavy atom. The minimum Gasteiger partial charge on any atom is -0.486 e. The molecule has 0 fully saturated rings. The Kier molecular flexibility index (Phi) is 9.19. The van der Waals surface area contributed by atoms with E-state index in [-0.39, 0.29) is 11.8 Å². The highest BCUT2D eigenvalue weighted by Gasteiger charge is 2.30. The zero-order valence-electron chi connectivity index (χ0n) is 21.3. The first-order valence-electron chi connectivity index (χ1n) is 12.3. The number of hydrogen-bond acceptors (Lipinski definition) is 2. The molecule has 1 unspecified atom stereocenters. The molecule has 36 heavy (non-hydrogen) atoms. The van der Waals surface area contributed by atoms with Gasteiger partial charge in [-0.15, -0.1) is 0 Å². The van der Waals surface area contributed by atoms with Crippen LogP contribution in [0.2, 0.25) is 0 Å². The minimum atomic E-state index is -4.40. The van der Waals surface area contributed by atoms with Crippen LogP contribution in [0.25, 0.3) is 0 Å². The van der Waals surface area contributed by atoms with Crippen molar-refractivity contribution in [2.45, 2.75) is 51.8 Å². The van der Waals surface area contributed by atoms with E-state index < -0.39 is 17.8 Å². The number of alkyl halides is 3. The molecule has 0 radical (unpaired) electrons. The lowest BCUT2D eigenvalue weighted by Gasteiger charge is -2.26. The van der Waals surface area contributed by atoms with Gasteiger partial charge >= 0.3 is 6.18 Å². The van der Waals surface area contributed by atoms with Gasteiger partial charge in [0.05, 0.1) is 11.5 Å². The molecule has 0 saturated heterocycles. The maximum Gasteiger partial charge on any atom is 0.416 e. The molecular weight excluding hydrogens is 463 g/mol. The van der Waals surface area contributed by atoms with Crippen molar-refractivity contribution in [2.75, 3.05) is 13.6 Å². The summed E-state index contributed by atoms with van der Waals surface area (Å²) in [6.45, 7) is 6.70.